The van der Waals surface area contributed by atoms with E-state index < -0.39 is 11.2 Å². The predicted octanol–water partition coefficient (Wildman–Crippen LogP) is 3.38. The normalized spacial score (nSPS) is 10.4. The van der Waals surface area contributed by atoms with Crippen LogP contribution in [0, 0.1) is 11.8 Å². The fraction of sp³-hybridized carbons (Fsp3) is 0.269. The molecule has 1 aromatic heterocycles. The van der Waals surface area contributed by atoms with E-state index in [0.717, 1.165) is 24.0 Å². The highest BCUT2D eigenvalue weighted by Gasteiger charge is 2.24. The summed E-state index contributed by atoms with van der Waals surface area (Å²) in [6, 6.07) is 16.5. The first-order valence-electron chi connectivity index (χ1n) is 11.1. The smallest absolute Gasteiger partial charge is 0.330 e. The average molecular weight is 445 g/mol. The van der Waals surface area contributed by atoms with Crippen LogP contribution in [0.2, 0.25) is 0 Å². The molecule has 7 nitrogen and oxygen atoms in total. The first kappa shape index (κ1) is 23.6. The van der Waals surface area contributed by atoms with Crippen LogP contribution in [0.15, 0.2) is 64.2 Å². The second kappa shape index (κ2) is 11.0. The van der Waals surface area contributed by atoms with E-state index >= 15 is 0 Å². The maximum atomic E-state index is 13.3. The molecule has 0 aliphatic rings. The molecule has 0 aliphatic carbocycles. The van der Waals surface area contributed by atoms with E-state index in [0.29, 0.717) is 18.5 Å². The fourth-order valence-corrected chi connectivity index (χ4v) is 3.43. The van der Waals surface area contributed by atoms with Crippen molar-refractivity contribution in [3.8, 4) is 11.8 Å². The maximum Gasteiger partial charge on any atom is 0.330 e. The summed E-state index contributed by atoms with van der Waals surface area (Å²) in [4.78, 5) is 41.9. The van der Waals surface area contributed by atoms with Crippen LogP contribution in [0.3, 0.4) is 0 Å². The number of benzene rings is 2. The van der Waals surface area contributed by atoms with Crippen LogP contribution in [0.1, 0.15) is 54.6 Å². The minimum absolute atomic E-state index is 0.00403. The molecule has 0 radical (unpaired) electrons. The van der Waals surface area contributed by atoms with Gasteiger partial charge in [-0.1, -0.05) is 50.3 Å². The molecule has 0 fully saturated rings. The Kier molecular flexibility index (Phi) is 7.87. The summed E-state index contributed by atoms with van der Waals surface area (Å²) in [5.41, 5.74) is 7.06. The van der Waals surface area contributed by atoms with Gasteiger partial charge in [-0.2, -0.15) is 0 Å². The van der Waals surface area contributed by atoms with Gasteiger partial charge in [-0.25, -0.2) is 4.79 Å². The molecule has 0 atom stereocenters. The van der Waals surface area contributed by atoms with Crippen molar-refractivity contribution < 1.29 is 4.79 Å². The first-order chi connectivity index (χ1) is 16.0. The highest BCUT2D eigenvalue weighted by Crippen LogP contribution is 2.20. The topological polar surface area (TPSA) is 101 Å². The molecule has 0 saturated carbocycles. The summed E-state index contributed by atoms with van der Waals surface area (Å²) in [7, 11) is 0. The minimum Gasteiger partial charge on any atom is -0.383 e. The van der Waals surface area contributed by atoms with Crippen molar-refractivity contribution in [3.05, 3.63) is 92.1 Å². The molecular weight excluding hydrogens is 416 g/mol. The number of nitrogen functional groups attached to an aromatic ring is 1. The van der Waals surface area contributed by atoms with Gasteiger partial charge in [-0.3, -0.25) is 19.1 Å². The number of nitrogens with zero attached hydrogens (tertiary/aromatic N) is 2. The number of aromatic nitrogens is 2. The van der Waals surface area contributed by atoms with Gasteiger partial charge in [0.15, 0.2) is 5.69 Å². The third kappa shape index (κ3) is 5.60. The number of unbranched alkanes of at least 4 members (excludes halogenated alkanes) is 1. The Labute approximate surface area is 192 Å². The van der Waals surface area contributed by atoms with Crippen molar-refractivity contribution in [2.45, 2.75) is 39.7 Å². The highest BCUT2D eigenvalue weighted by molar-refractivity contribution is 6.07. The lowest BCUT2D eigenvalue weighted by atomic mass is 10.1. The number of anilines is 2. The van der Waals surface area contributed by atoms with Crippen LogP contribution in [-0.2, 0) is 6.54 Å². The average Bonchev–Trinajstić information content (AvgIpc) is 2.82. The van der Waals surface area contributed by atoms with Crippen LogP contribution in [-0.4, -0.2) is 22.0 Å². The number of carbonyl (C=O) groups is 1. The van der Waals surface area contributed by atoms with Gasteiger partial charge in [0.1, 0.15) is 5.82 Å². The van der Waals surface area contributed by atoms with Crippen LogP contribution >= 0.6 is 0 Å². The molecule has 1 heterocycles. The van der Waals surface area contributed by atoms with Crippen LogP contribution < -0.4 is 21.9 Å². The Balaban J connectivity index is 1.93. The maximum absolute atomic E-state index is 13.3. The monoisotopic (exact) mass is 444 g/mol. The van der Waals surface area contributed by atoms with Gasteiger partial charge in [-0.15, -0.1) is 0 Å². The summed E-state index contributed by atoms with van der Waals surface area (Å²) in [5.74, 6) is 5.80. The van der Waals surface area contributed by atoms with Crippen molar-refractivity contribution in [1.82, 2.24) is 9.55 Å². The number of nitrogens with one attached hydrogen (secondary N) is 1. The van der Waals surface area contributed by atoms with E-state index in [1.807, 2.05) is 44.2 Å². The van der Waals surface area contributed by atoms with Gasteiger partial charge in [-0.05, 0) is 49.2 Å². The van der Waals surface area contributed by atoms with Crippen molar-refractivity contribution in [3.63, 3.8) is 0 Å². The summed E-state index contributed by atoms with van der Waals surface area (Å²) in [5, 5.41) is 0. The third-order valence-electron chi connectivity index (χ3n) is 5.17. The van der Waals surface area contributed by atoms with Gasteiger partial charge >= 0.3 is 5.69 Å². The number of amides is 1. The largest absolute Gasteiger partial charge is 0.383 e. The first-order valence-corrected chi connectivity index (χ1v) is 11.1. The van der Waals surface area contributed by atoms with Crippen molar-refractivity contribution >= 4 is 17.4 Å². The lowest BCUT2D eigenvalue weighted by Gasteiger charge is -2.24. The molecule has 0 aliphatic heterocycles. The van der Waals surface area contributed by atoms with Gasteiger partial charge in [0.2, 0.25) is 0 Å². The molecular formula is C26H28N4O3. The molecule has 3 rings (SSSR count). The highest BCUT2D eigenvalue weighted by atomic mass is 16.2. The summed E-state index contributed by atoms with van der Waals surface area (Å²) >= 11 is 0. The number of carbonyl (C=O) groups excluding carboxylic acids is 1. The molecule has 7 heteroatoms. The van der Waals surface area contributed by atoms with E-state index in [2.05, 4.69) is 16.8 Å². The Hall–Kier alpha value is -4.05. The van der Waals surface area contributed by atoms with Crippen LogP contribution in [0.25, 0.3) is 0 Å². The minimum atomic E-state index is -0.669. The molecule has 0 spiro atoms. The van der Waals surface area contributed by atoms with Gasteiger partial charge in [0, 0.05) is 29.8 Å². The second-order valence-electron chi connectivity index (χ2n) is 7.65. The van der Waals surface area contributed by atoms with Crippen molar-refractivity contribution in [1.29, 1.82) is 0 Å². The number of nitrogens with two attached hydrogens (primary N) is 1. The second-order valence-corrected chi connectivity index (χ2v) is 7.65. The molecule has 0 saturated heterocycles. The zero-order chi connectivity index (χ0) is 23.8. The standard InChI is InChI=1S/C26H28N4O3/c1-3-5-18-30-23(27)22(24(31)28-26(30)33)29(17-4-2)25(32)21-15-13-20(14-16-21)12-11-19-9-7-6-8-10-19/h6-10,13-16H,3-5,17-18,27H2,1-2H3,(H,28,31,33). The van der Waals surface area contributed by atoms with Crippen molar-refractivity contribution in [2.75, 3.05) is 17.2 Å². The SMILES string of the molecule is CCCCn1c(N)c(N(CCC)C(=O)c2ccc(C#Cc3ccccc3)cc2)c(=O)[nH]c1=O. The van der Waals surface area contributed by atoms with Gasteiger partial charge < -0.3 is 10.6 Å². The Morgan fingerprint density at radius 2 is 1.61 bits per heavy atom. The molecule has 2 aromatic carbocycles. The lowest BCUT2D eigenvalue weighted by Crippen LogP contribution is -2.41. The summed E-state index contributed by atoms with van der Waals surface area (Å²) in [6.07, 6.45) is 2.19. The predicted molar refractivity (Wildman–Crippen MR) is 131 cm³/mol. The number of H-pyrrole nitrogens is 1. The molecule has 1 amide bonds. The Bertz CT molecular complexity index is 1280. The van der Waals surface area contributed by atoms with Crippen LogP contribution in [0.4, 0.5) is 11.5 Å². The number of hydrogen-bond donors (Lipinski definition) is 2. The quantitative estimate of drug-likeness (QED) is 0.546. The van der Waals surface area contributed by atoms with E-state index in [1.54, 1.807) is 24.3 Å². The fourth-order valence-electron chi connectivity index (χ4n) is 3.43. The molecule has 3 aromatic rings. The molecule has 3 N–H and O–H groups in total. The lowest BCUT2D eigenvalue weighted by molar-refractivity contribution is 0.0986. The van der Waals surface area contributed by atoms with Crippen LogP contribution in [0.5, 0.6) is 0 Å². The van der Waals surface area contributed by atoms with Crippen molar-refractivity contribution in [2.24, 2.45) is 0 Å². The zero-order valence-electron chi connectivity index (χ0n) is 18.9. The Morgan fingerprint density at radius 3 is 2.21 bits per heavy atom. The third-order valence-corrected chi connectivity index (χ3v) is 5.17. The van der Waals surface area contributed by atoms with E-state index in [1.165, 1.54) is 9.47 Å². The molecule has 170 valence electrons. The molecule has 33 heavy (non-hydrogen) atoms. The Morgan fingerprint density at radius 1 is 0.970 bits per heavy atom. The molecule has 0 bridgehead atoms. The summed E-state index contributed by atoms with van der Waals surface area (Å²) < 4.78 is 1.32. The van der Waals surface area contributed by atoms with E-state index in [4.69, 9.17) is 5.73 Å². The van der Waals surface area contributed by atoms with E-state index in [-0.39, 0.29) is 24.0 Å². The number of aromatic amines is 1. The van der Waals surface area contributed by atoms with Gasteiger partial charge in [0.05, 0.1) is 0 Å². The summed E-state index contributed by atoms with van der Waals surface area (Å²) in [6.45, 7) is 4.55. The van der Waals surface area contributed by atoms with E-state index in [9.17, 15) is 14.4 Å². The van der Waals surface area contributed by atoms with Gasteiger partial charge in [0.25, 0.3) is 11.5 Å². The number of hydrogen-bond acceptors (Lipinski definition) is 4. The zero-order valence-corrected chi connectivity index (χ0v) is 18.9. The number of rotatable bonds is 7. The molecule has 0 unspecified atom stereocenters.